The summed E-state index contributed by atoms with van der Waals surface area (Å²) < 4.78 is 5.69. The van der Waals surface area contributed by atoms with Gasteiger partial charge >= 0.3 is 6.03 Å². The fourth-order valence-corrected chi connectivity index (χ4v) is 3.02. The van der Waals surface area contributed by atoms with E-state index < -0.39 is 0 Å². The molecule has 0 atom stereocenters. The summed E-state index contributed by atoms with van der Waals surface area (Å²) in [6.45, 7) is 5.73. The van der Waals surface area contributed by atoms with Crippen molar-refractivity contribution in [2.45, 2.75) is 33.4 Å². The Morgan fingerprint density at radius 3 is 2.36 bits per heavy atom. The number of pyridine rings is 1. The number of nitrogens with zero attached hydrogens (tertiary/aromatic N) is 1. The molecule has 33 heavy (non-hydrogen) atoms. The number of hydrogen-bond acceptors (Lipinski definition) is 4. The van der Waals surface area contributed by atoms with Gasteiger partial charge in [-0.1, -0.05) is 26.0 Å². The summed E-state index contributed by atoms with van der Waals surface area (Å²) in [6.07, 6.45) is 4.36. The zero-order valence-electron chi connectivity index (χ0n) is 19.0. The van der Waals surface area contributed by atoms with Gasteiger partial charge in [0.2, 0.25) is 0 Å². The van der Waals surface area contributed by atoms with Gasteiger partial charge in [-0.15, -0.1) is 0 Å². The van der Waals surface area contributed by atoms with E-state index in [1.54, 1.807) is 30.6 Å². The predicted octanol–water partition coefficient (Wildman–Crippen LogP) is 4.76. The molecule has 0 spiro atoms. The standard InChI is InChI=1S/C26H30N4O3/c1-19(2)12-15-33-24-8-6-22(7-9-24)25(31)28-18-21-4-3-5-23(16-21)30-26(32)29-17-20-10-13-27-14-11-20/h3-11,13-14,16,19H,12,15,17-18H2,1-2H3,(H,28,31)(H2,29,30,32). The number of rotatable bonds is 10. The summed E-state index contributed by atoms with van der Waals surface area (Å²) >= 11 is 0. The largest absolute Gasteiger partial charge is 0.494 e. The SMILES string of the molecule is CC(C)CCOc1ccc(C(=O)NCc2cccc(NC(=O)NCc3ccncc3)c2)cc1. The van der Waals surface area contributed by atoms with E-state index in [9.17, 15) is 9.59 Å². The van der Waals surface area contributed by atoms with Crippen LogP contribution in [0.25, 0.3) is 0 Å². The Balaban J connectivity index is 1.45. The van der Waals surface area contributed by atoms with Crippen LogP contribution in [0.4, 0.5) is 10.5 Å². The molecule has 0 fully saturated rings. The Morgan fingerprint density at radius 2 is 1.64 bits per heavy atom. The molecule has 172 valence electrons. The van der Waals surface area contributed by atoms with Gasteiger partial charge in [0.25, 0.3) is 5.91 Å². The molecule has 0 saturated carbocycles. The van der Waals surface area contributed by atoms with Crippen LogP contribution in [0, 0.1) is 5.92 Å². The van der Waals surface area contributed by atoms with Crippen molar-refractivity contribution in [3.63, 3.8) is 0 Å². The fraction of sp³-hybridized carbons (Fsp3) is 0.269. The second-order valence-corrected chi connectivity index (χ2v) is 8.10. The molecule has 0 radical (unpaired) electrons. The lowest BCUT2D eigenvalue weighted by Gasteiger charge is -2.11. The summed E-state index contributed by atoms with van der Waals surface area (Å²) in [4.78, 5) is 28.6. The topological polar surface area (TPSA) is 92.4 Å². The first-order valence-corrected chi connectivity index (χ1v) is 11.0. The first-order chi connectivity index (χ1) is 16.0. The molecule has 0 aliphatic rings. The number of benzene rings is 2. The maximum Gasteiger partial charge on any atom is 0.319 e. The number of urea groups is 1. The number of nitrogens with one attached hydrogen (secondary N) is 3. The molecular weight excluding hydrogens is 416 g/mol. The number of amides is 3. The van der Waals surface area contributed by atoms with Crippen LogP contribution < -0.4 is 20.7 Å². The second-order valence-electron chi connectivity index (χ2n) is 8.10. The van der Waals surface area contributed by atoms with Gasteiger partial charge in [-0.2, -0.15) is 0 Å². The van der Waals surface area contributed by atoms with Crippen LogP contribution in [0.1, 0.15) is 41.8 Å². The van der Waals surface area contributed by atoms with Gasteiger partial charge in [0.05, 0.1) is 6.61 Å². The van der Waals surface area contributed by atoms with Crippen molar-refractivity contribution >= 4 is 17.6 Å². The molecule has 3 aromatic rings. The molecule has 1 aromatic heterocycles. The van der Waals surface area contributed by atoms with Crippen molar-refractivity contribution in [1.29, 1.82) is 0 Å². The third kappa shape index (κ3) is 8.29. The Kier molecular flexibility index (Phi) is 8.82. The number of anilines is 1. The lowest BCUT2D eigenvalue weighted by molar-refractivity contribution is 0.0951. The molecule has 0 saturated heterocycles. The zero-order chi connectivity index (χ0) is 23.5. The molecule has 3 rings (SSSR count). The van der Waals surface area contributed by atoms with Gasteiger partial charge in [0, 0.05) is 36.7 Å². The highest BCUT2D eigenvalue weighted by Gasteiger charge is 2.07. The van der Waals surface area contributed by atoms with Crippen LogP contribution in [-0.2, 0) is 13.1 Å². The van der Waals surface area contributed by atoms with Crippen molar-refractivity contribution in [3.05, 3.63) is 89.7 Å². The highest BCUT2D eigenvalue weighted by molar-refractivity contribution is 5.94. The highest BCUT2D eigenvalue weighted by Crippen LogP contribution is 2.14. The summed E-state index contributed by atoms with van der Waals surface area (Å²) in [6, 6.07) is 17.9. The van der Waals surface area contributed by atoms with Crippen molar-refractivity contribution in [3.8, 4) is 5.75 Å². The Hall–Kier alpha value is -3.87. The van der Waals surface area contributed by atoms with E-state index in [0.29, 0.717) is 36.9 Å². The molecule has 7 nitrogen and oxygen atoms in total. The number of carbonyl (C=O) groups excluding carboxylic acids is 2. The predicted molar refractivity (Wildman–Crippen MR) is 129 cm³/mol. The number of carbonyl (C=O) groups is 2. The van der Waals surface area contributed by atoms with E-state index in [4.69, 9.17) is 4.74 Å². The minimum Gasteiger partial charge on any atom is -0.494 e. The molecule has 1 heterocycles. The van der Waals surface area contributed by atoms with Gasteiger partial charge in [0.15, 0.2) is 0 Å². The Labute approximate surface area is 194 Å². The monoisotopic (exact) mass is 446 g/mol. The van der Waals surface area contributed by atoms with Gasteiger partial charge in [-0.05, 0) is 72.0 Å². The third-order valence-electron chi connectivity index (χ3n) is 4.92. The number of aromatic nitrogens is 1. The van der Waals surface area contributed by atoms with Crippen LogP contribution in [-0.4, -0.2) is 23.5 Å². The molecule has 3 amide bonds. The maximum absolute atomic E-state index is 12.5. The molecule has 0 aliphatic heterocycles. The summed E-state index contributed by atoms with van der Waals surface area (Å²) in [7, 11) is 0. The molecule has 2 aromatic carbocycles. The molecule has 7 heteroatoms. The van der Waals surface area contributed by atoms with E-state index in [1.165, 1.54) is 0 Å². The van der Waals surface area contributed by atoms with Crippen molar-refractivity contribution in [1.82, 2.24) is 15.6 Å². The van der Waals surface area contributed by atoms with Crippen LogP contribution >= 0.6 is 0 Å². The summed E-state index contributed by atoms with van der Waals surface area (Å²) in [5.74, 6) is 1.18. The van der Waals surface area contributed by atoms with E-state index in [0.717, 1.165) is 23.3 Å². The quantitative estimate of drug-likeness (QED) is 0.419. The minimum atomic E-state index is -0.302. The first kappa shape index (κ1) is 23.8. The zero-order valence-corrected chi connectivity index (χ0v) is 19.0. The van der Waals surface area contributed by atoms with E-state index in [-0.39, 0.29) is 11.9 Å². The molecule has 0 bridgehead atoms. The first-order valence-electron chi connectivity index (χ1n) is 11.0. The normalized spacial score (nSPS) is 10.5. The van der Waals surface area contributed by atoms with Crippen molar-refractivity contribution in [2.24, 2.45) is 5.92 Å². The highest BCUT2D eigenvalue weighted by atomic mass is 16.5. The van der Waals surface area contributed by atoms with Crippen molar-refractivity contribution < 1.29 is 14.3 Å². The lowest BCUT2D eigenvalue weighted by atomic mass is 10.1. The van der Waals surface area contributed by atoms with E-state index >= 15 is 0 Å². The third-order valence-corrected chi connectivity index (χ3v) is 4.92. The van der Waals surface area contributed by atoms with Gasteiger partial charge < -0.3 is 20.7 Å². The average molecular weight is 447 g/mol. The van der Waals surface area contributed by atoms with Crippen LogP contribution in [0.3, 0.4) is 0 Å². The van der Waals surface area contributed by atoms with E-state index in [2.05, 4.69) is 34.8 Å². The Morgan fingerprint density at radius 1 is 0.909 bits per heavy atom. The maximum atomic E-state index is 12.5. The van der Waals surface area contributed by atoms with Crippen LogP contribution in [0.15, 0.2) is 73.1 Å². The summed E-state index contributed by atoms with van der Waals surface area (Å²) in [5, 5.41) is 8.52. The summed E-state index contributed by atoms with van der Waals surface area (Å²) in [5.41, 5.74) is 3.06. The smallest absolute Gasteiger partial charge is 0.319 e. The molecule has 0 unspecified atom stereocenters. The number of ether oxygens (including phenoxy) is 1. The van der Waals surface area contributed by atoms with Gasteiger partial charge in [-0.3, -0.25) is 9.78 Å². The van der Waals surface area contributed by atoms with Crippen LogP contribution in [0.5, 0.6) is 5.75 Å². The Bertz CT molecular complexity index is 1040. The molecular formula is C26H30N4O3. The second kappa shape index (κ2) is 12.2. The average Bonchev–Trinajstić information content (AvgIpc) is 2.82. The van der Waals surface area contributed by atoms with Crippen LogP contribution in [0.2, 0.25) is 0 Å². The lowest BCUT2D eigenvalue weighted by Crippen LogP contribution is -2.28. The van der Waals surface area contributed by atoms with Gasteiger partial charge in [-0.25, -0.2) is 4.79 Å². The molecule has 3 N–H and O–H groups in total. The number of hydrogen-bond donors (Lipinski definition) is 3. The van der Waals surface area contributed by atoms with E-state index in [1.807, 2.05) is 42.5 Å². The molecule has 0 aliphatic carbocycles. The minimum absolute atomic E-state index is 0.169. The fourth-order valence-electron chi connectivity index (χ4n) is 3.02. The van der Waals surface area contributed by atoms with Gasteiger partial charge in [0.1, 0.15) is 5.75 Å². The van der Waals surface area contributed by atoms with Crippen molar-refractivity contribution in [2.75, 3.05) is 11.9 Å².